The van der Waals surface area contributed by atoms with Crippen molar-refractivity contribution in [3.8, 4) is 23.1 Å². The maximum absolute atomic E-state index is 13.1. The minimum Gasteiger partial charge on any atom is -0.478 e. The first-order valence-corrected chi connectivity index (χ1v) is 11.0. The summed E-state index contributed by atoms with van der Waals surface area (Å²) >= 11 is 5.90. The predicted octanol–water partition coefficient (Wildman–Crippen LogP) is 1.77. The number of ether oxygens (including phenoxy) is 1. The van der Waals surface area contributed by atoms with E-state index in [0.29, 0.717) is 15.2 Å². The van der Waals surface area contributed by atoms with Crippen LogP contribution in [0.5, 0.6) is 5.88 Å². The summed E-state index contributed by atoms with van der Waals surface area (Å²) in [5.74, 6) is 0.123. The lowest BCUT2D eigenvalue weighted by Gasteiger charge is -2.15. The second-order valence-corrected chi connectivity index (χ2v) is 8.24. The summed E-state index contributed by atoms with van der Waals surface area (Å²) in [5, 5.41) is 28.7. The van der Waals surface area contributed by atoms with Crippen LogP contribution >= 0.6 is 11.6 Å². The molecule has 2 N–H and O–H groups in total. The molecule has 3 aromatic heterocycles. The molecule has 196 valence electrons. The number of halogens is 4. The van der Waals surface area contributed by atoms with Gasteiger partial charge in [0.2, 0.25) is 5.82 Å². The number of nitrogens with zero attached hydrogens (tertiary/aromatic N) is 8. The highest BCUT2D eigenvalue weighted by Gasteiger charge is 2.39. The van der Waals surface area contributed by atoms with Crippen LogP contribution in [0.2, 0.25) is 5.02 Å². The quantitative estimate of drug-likeness (QED) is 0.341. The molecule has 0 bridgehead atoms. The molecule has 0 spiro atoms. The number of alkyl halides is 3. The normalized spacial score (nSPS) is 13.5. The first-order chi connectivity index (χ1) is 17.5. The Bertz CT molecular complexity index is 1450. The van der Waals surface area contributed by atoms with Crippen molar-refractivity contribution in [1.82, 2.24) is 39.1 Å². The first kappa shape index (κ1) is 26.2. The molecular formula is C21H20ClF3N8O4. The number of benzene rings is 1. The van der Waals surface area contributed by atoms with Crippen LogP contribution in [-0.4, -0.2) is 68.7 Å². The fourth-order valence-electron chi connectivity index (χ4n) is 3.40. The minimum atomic E-state index is -4.96. The van der Waals surface area contributed by atoms with E-state index in [1.54, 1.807) is 0 Å². The molecule has 0 aliphatic heterocycles. The van der Waals surface area contributed by atoms with Crippen LogP contribution in [0, 0.1) is 0 Å². The monoisotopic (exact) mass is 540 g/mol. The Hall–Kier alpha value is -3.82. The topological polar surface area (TPSA) is 146 Å². The van der Waals surface area contributed by atoms with Crippen molar-refractivity contribution in [2.75, 3.05) is 7.11 Å². The fraction of sp³-hybridized carbons (Fsp3) is 0.333. The Morgan fingerprint density at radius 1 is 1.11 bits per heavy atom. The molecule has 0 saturated carbocycles. The van der Waals surface area contributed by atoms with E-state index < -0.39 is 30.6 Å². The average Bonchev–Trinajstić information content (AvgIpc) is 3.41. The summed E-state index contributed by atoms with van der Waals surface area (Å²) in [5.41, 5.74) is -0.651. The van der Waals surface area contributed by atoms with Gasteiger partial charge in [0, 0.05) is 23.0 Å². The number of aliphatic hydroxyl groups excluding tert-OH is 2. The maximum Gasteiger partial charge on any atom is 0.416 e. The molecule has 2 atom stereocenters. The molecular weight excluding hydrogens is 521 g/mol. The van der Waals surface area contributed by atoms with Crippen LogP contribution < -0.4 is 10.4 Å². The summed E-state index contributed by atoms with van der Waals surface area (Å²) in [7, 11) is 1.37. The molecule has 16 heteroatoms. The summed E-state index contributed by atoms with van der Waals surface area (Å²) in [6, 6.07) is 5.92. The van der Waals surface area contributed by atoms with Crippen molar-refractivity contribution in [2.45, 2.75) is 38.4 Å². The Kier molecular flexibility index (Phi) is 7.29. The van der Waals surface area contributed by atoms with Crippen LogP contribution in [0.15, 0.2) is 41.5 Å². The average molecular weight is 541 g/mol. The van der Waals surface area contributed by atoms with Crippen molar-refractivity contribution in [3.63, 3.8) is 0 Å². The van der Waals surface area contributed by atoms with Gasteiger partial charge in [-0.2, -0.15) is 17.9 Å². The van der Waals surface area contributed by atoms with Crippen molar-refractivity contribution in [2.24, 2.45) is 0 Å². The lowest BCUT2D eigenvalue weighted by Crippen LogP contribution is -2.37. The number of hydrogen-bond acceptors (Lipinski definition) is 9. The highest BCUT2D eigenvalue weighted by molar-refractivity contribution is 6.30. The van der Waals surface area contributed by atoms with E-state index in [-0.39, 0.29) is 35.7 Å². The van der Waals surface area contributed by atoms with Gasteiger partial charge >= 0.3 is 11.9 Å². The zero-order valence-corrected chi connectivity index (χ0v) is 20.1. The zero-order valence-electron chi connectivity index (χ0n) is 19.3. The second kappa shape index (κ2) is 10.3. The molecule has 0 amide bonds. The van der Waals surface area contributed by atoms with E-state index in [0.717, 1.165) is 4.68 Å². The molecule has 0 fully saturated rings. The Labute approximate surface area is 211 Å². The first-order valence-electron chi connectivity index (χ1n) is 10.7. The van der Waals surface area contributed by atoms with Gasteiger partial charge in [0.1, 0.15) is 12.6 Å². The third kappa shape index (κ3) is 5.47. The van der Waals surface area contributed by atoms with Gasteiger partial charge in [0.25, 0.3) is 5.88 Å². The smallest absolute Gasteiger partial charge is 0.416 e. The Balaban J connectivity index is 1.78. The molecule has 1 aromatic carbocycles. The van der Waals surface area contributed by atoms with E-state index in [1.165, 1.54) is 55.4 Å². The largest absolute Gasteiger partial charge is 0.478 e. The number of methoxy groups -OCH3 is 1. The van der Waals surface area contributed by atoms with Crippen LogP contribution in [0.4, 0.5) is 13.2 Å². The van der Waals surface area contributed by atoms with Gasteiger partial charge in [-0.1, -0.05) is 11.6 Å². The lowest BCUT2D eigenvalue weighted by molar-refractivity contribution is -0.207. The number of rotatable bonds is 8. The number of hydrogen-bond donors (Lipinski definition) is 2. The number of aliphatic hydroxyl groups is 2. The van der Waals surface area contributed by atoms with E-state index in [2.05, 4.69) is 25.1 Å². The maximum atomic E-state index is 13.1. The van der Waals surface area contributed by atoms with Crippen molar-refractivity contribution >= 4 is 11.6 Å². The Morgan fingerprint density at radius 2 is 1.78 bits per heavy atom. The lowest BCUT2D eigenvalue weighted by atomic mass is 10.2. The van der Waals surface area contributed by atoms with Crippen LogP contribution in [0.3, 0.4) is 0 Å². The summed E-state index contributed by atoms with van der Waals surface area (Å²) < 4.78 is 47.2. The number of aromatic nitrogens is 8. The van der Waals surface area contributed by atoms with E-state index >= 15 is 0 Å². The molecule has 0 aliphatic carbocycles. The molecule has 4 aromatic rings. The fourth-order valence-corrected chi connectivity index (χ4v) is 3.53. The van der Waals surface area contributed by atoms with Gasteiger partial charge in [-0.3, -0.25) is 4.57 Å². The Morgan fingerprint density at radius 3 is 2.41 bits per heavy atom. The van der Waals surface area contributed by atoms with Gasteiger partial charge in [0.05, 0.1) is 13.7 Å². The third-order valence-electron chi connectivity index (χ3n) is 5.14. The van der Waals surface area contributed by atoms with Gasteiger partial charge in [-0.15, -0.1) is 10.2 Å². The van der Waals surface area contributed by atoms with Gasteiger partial charge in [-0.05, 0) is 31.2 Å². The molecule has 0 radical (unpaired) electrons. The van der Waals surface area contributed by atoms with Gasteiger partial charge < -0.3 is 14.9 Å². The van der Waals surface area contributed by atoms with Gasteiger partial charge in [-0.25, -0.2) is 24.4 Å². The van der Waals surface area contributed by atoms with Crippen LogP contribution in [0.25, 0.3) is 17.2 Å². The molecule has 0 saturated heterocycles. The van der Waals surface area contributed by atoms with Crippen molar-refractivity contribution in [1.29, 1.82) is 0 Å². The molecule has 37 heavy (non-hydrogen) atoms. The minimum absolute atomic E-state index is 0.00520. The van der Waals surface area contributed by atoms with Crippen LogP contribution in [0.1, 0.15) is 24.7 Å². The molecule has 3 heterocycles. The summed E-state index contributed by atoms with van der Waals surface area (Å²) in [4.78, 5) is 25.5. The molecule has 0 unspecified atom stereocenters. The second-order valence-electron chi connectivity index (χ2n) is 7.80. The summed E-state index contributed by atoms with van der Waals surface area (Å²) in [6.07, 6.45) is -6.11. The standard InChI is InChI=1S/C21H20ClF3N8O4/c1-11(34)16-28-15(29-33(16)18-19(37-2)27-8-7-26-18)10-32-20(36)31(9-14(35)21(23,24)25)17(30-32)12-3-5-13(22)6-4-12/h3-8,11,14,34-35H,9-10H2,1-2H3/t11-,14-/m0/s1. The van der Waals surface area contributed by atoms with E-state index in [4.69, 9.17) is 16.3 Å². The molecule has 0 aliphatic rings. The van der Waals surface area contributed by atoms with E-state index in [9.17, 15) is 28.2 Å². The van der Waals surface area contributed by atoms with E-state index in [1.807, 2.05) is 0 Å². The summed E-state index contributed by atoms with van der Waals surface area (Å²) in [6.45, 7) is -0.0209. The van der Waals surface area contributed by atoms with Gasteiger partial charge in [0.15, 0.2) is 23.6 Å². The predicted molar refractivity (Wildman–Crippen MR) is 122 cm³/mol. The highest BCUT2D eigenvalue weighted by Crippen LogP contribution is 2.25. The highest BCUT2D eigenvalue weighted by atomic mass is 35.5. The van der Waals surface area contributed by atoms with Crippen molar-refractivity contribution in [3.05, 3.63) is 63.8 Å². The SMILES string of the molecule is COc1nccnc1-n1nc(Cn2nc(-c3ccc(Cl)cc3)n(C[C@H](O)C(F)(F)F)c2=O)nc1[C@H](C)O. The molecule has 12 nitrogen and oxygen atoms in total. The molecule has 4 rings (SSSR count). The van der Waals surface area contributed by atoms with Crippen LogP contribution in [-0.2, 0) is 13.1 Å². The van der Waals surface area contributed by atoms with Crippen molar-refractivity contribution < 1.29 is 28.1 Å². The third-order valence-corrected chi connectivity index (χ3v) is 5.39. The zero-order chi connectivity index (χ0) is 26.9.